The summed E-state index contributed by atoms with van der Waals surface area (Å²) in [6, 6.07) is 0. The Balaban J connectivity index is 3.71. The van der Waals surface area contributed by atoms with Crippen molar-refractivity contribution in [2.24, 2.45) is 0 Å². The van der Waals surface area contributed by atoms with Crippen LogP contribution in [0.15, 0.2) is 0 Å². The highest BCUT2D eigenvalue weighted by atomic mass is 32.2. The number of hydrogen-bond acceptors (Lipinski definition) is 5. The second-order valence-electron chi connectivity index (χ2n) is 2.32. The molecule has 0 bridgehead atoms. The van der Waals surface area contributed by atoms with E-state index >= 15 is 0 Å². The molecule has 0 radical (unpaired) electrons. The lowest BCUT2D eigenvalue weighted by molar-refractivity contribution is 0.326. The summed E-state index contributed by atoms with van der Waals surface area (Å²) in [5, 5.41) is 0. The first-order valence-electron chi connectivity index (χ1n) is 3.58. The van der Waals surface area contributed by atoms with Crippen molar-refractivity contribution in [3.63, 3.8) is 0 Å². The maximum absolute atomic E-state index is 10.8. The maximum atomic E-state index is 10.8. The minimum atomic E-state index is -3.48. The van der Waals surface area contributed by atoms with Crippen LogP contribution in [0.3, 0.4) is 0 Å². The molecule has 0 aromatic carbocycles. The van der Waals surface area contributed by atoms with E-state index in [4.69, 9.17) is 0 Å². The van der Waals surface area contributed by atoms with Crippen LogP contribution in [0.5, 0.6) is 0 Å². The van der Waals surface area contributed by atoms with E-state index in [1.807, 2.05) is 0 Å². The summed E-state index contributed by atoms with van der Waals surface area (Å²) in [5.41, 5.74) is 0. The molecule has 0 fully saturated rings. The van der Waals surface area contributed by atoms with E-state index in [1.54, 1.807) is 0 Å². The average molecular weight is 231 g/mol. The molecule has 0 aliphatic heterocycles. The summed E-state index contributed by atoms with van der Waals surface area (Å²) in [6.45, 7) is 1.26. The van der Waals surface area contributed by atoms with Crippen molar-refractivity contribution >= 4 is 20.1 Å². The Hall–Kier alpha value is -0.180. The Morgan fingerprint density at radius 1 is 1.23 bits per heavy atom. The highest BCUT2D eigenvalue weighted by molar-refractivity contribution is 7.89. The van der Waals surface area contributed by atoms with Gasteiger partial charge in [-0.1, -0.05) is 0 Å². The molecular weight excluding hydrogens is 218 g/mol. The van der Waals surface area contributed by atoms with Gasteiger partial charge in [0.1, 0.15) is 0 Å². The topological polar surface area (TPSA) is 89.5 Å². The molecule has 0 spiro atoms. The number of rotatable bonds is 6. The summed E-state index contributed by atoms with van der Waals surface area (Å²) in [6.07, 6.45) is 0.904. The lowest BCUT2D eigenvalue weighted by Gasteiger charge is -2.03. The fraction of sp³-hybridized carbons (Fsp3) is 1.00. The first-order chi connectivity index (χ1) is 5.77. The molecule has 0 unspecified atom stereocenters. The lowest BCUT2D eigenvalue weighted by Crippen LogP contribution is -2.29. The second-order valence-corrected chi connectivity index (χ2v) is 6.06. The molecule has 0 saturated heterocycles. The molecule has 0 heterocycles. The van der Waals surface area contributed by atoms with Gasteiger partial charge in [0.2, 0.25) is 10.0 Å². The third-order valence-electron chi connectivity index (χ3n) is 1.10. The summed E-state index contributed by atoms with van der Waals surface area (Å²) in [5.74, 6) is -0.0358. The van der Waals surface area contributed by atoms with Crippen LogP contribution in [0, 0.1) is 0 Å². The van der Waals surface area contributed by atoms with E-state index in [0.29, 0.717) is 0 Å². The van der Waals surface area contributed by atoms with Crippen LogP contribution in [-0.2, 0) is 24.3 Å². The van der Waals surface area contributed by atoms with Crippen molar-refractivity contribution in [2.75, 3.05) is 25.2 Å². The number of sulfonamides is 1. The smallest absolute Gasteiger partial charge is 0.264 e. The molecule has 0 rings (SSSR count). The molecule has 0 aromatic heterocycles. The molecule has 0 aliphatic rings. The molecule has 0 saturated carbocycles. The van der Waals surface area contributed by atoms with Crippen LogP contribution in [0.25, 0.3) is 0 Å². The fourth-order valence-corrected chi connectivity index (χ4v) is 1.48. The van der Waals surface area contributed by atoms with Crippen LogP contribution in [0.2, 0.25) is 0 Å². The zero-order valence-electron chi connectivity index (χ0n) is 7.48. The van der Waals surface area contributed by atoms with E-state index in [2.05, 4.69) is 8.91 Å². The van der Waals surface area contributed by atoms with Crippen molar-refractivity contribution < 1.29 is 21.0 Å². The Labute approximate surface area is 78.5 Å². The monoisotopic (exact) mass is 231 g/mol. The minimum absolute atomic E-state index is 0.0358. The second kappa shape index (κ2) is 4.89. The number of hydrogen-bond donors (Lipinski definition) is 1. The Morgan fingerprint density at radius 3 is 2.15 bits per heavy atom. The maximum Gasteiger partial charge on any atom is 0.264 e. The SMILES string of the molecule is CCS(=O)(=O)NCCOS(C)(=O)=O. The number of nitrogens with one attached hydrogen (secondary N) is 1. The summed E-state index contributed by atoms with van der Waals surface area (Å²) in [4.78, 5) is 0. The van der Waals surface area contributed by atoms with Crippen LogP contribution in [-0.4, -0.2) is 42.0 Å². The molecule has 80 valence electrons. The van der Waals surface area contributed by atoms with Gasteiger partial charge in [-0.15, -0.1) is 0 Å². The molecule has 0 amide bonds. The van der Waals surface area contributed by atoms with Gasteiger partial charge in [-0.05, 0) is 6.92 Å². The van der Waals surface area contributed by atoms with Gasteiger partial charge >= 0.3 is 0 Å². The van der Waals surface area contributed by atoms with Gasteiger partial charge < -0.3 is 0 Å². The Bertz CT molecular complexity index is 330. The normalized spacial score (nSPS) is 13.1. The van der Waals surface area contributed by atoms with Crippen molar-refractivity contribution in [1.82, 2.24) is 4.72 Å². The predicted molar refractivity (Wildman–Crippen MR) is 48.3 cm³/mol. The predicted octanol–water partition coefficient (Wildman–Crippen LogP) is -1.10. The van der Waals surface area contributed by atoms with Gasteiger partial charge in [0, 0.05) is 6.54 Å². The Kier molecular flexibility index (Phi) is 4.82. The van der Waals surface area contributed by atoms with Crippen LogP contribution in [0.1, 0.15) is 6.92 Å². The molecule has 1 N–H and O–H groups in total. The third kappa shape index (κ3) is 8.16. The zero-order chi connectivity index (χ0) is 10.5. The van der Waals surface area contributed by atoms with Crippen LogP contribution in [0.4, 0.5) is 0 Å². The van der Waals surface area contributed by atoms with Gasteiger partial charge in [0.15, 0.2) is 0 Å². The summed E-state index contributed by atoms with van der Waals surface area (Å²) in [7, 11) is -6.75. The standard InChI is InChI=1S/C5H13NO5S2/c1-3-13(9,10)6-4-5-11-12(2,7)8/h6H,3-5H2,1-2H3. The molecule has 0 atom stereocenters. The molecule has 6 nitrogen and oxygen atoms in total. The molecule has 0 aromatic rings. The summed E-state index contributed by atoms with van der Waals surface area (Å²) < 4.78 is 48.9. The van der Waals surface area contributed by atoms with Crippen molar-refractivity contribution in [3.8, 4) is 0 Å². The molecule has 13 heavy (non-hydrogen) atoms. The van der Waals surface area contributed by atoms with Gasteiger partial charge in [-0.3, -0.25) is 4.18 Å². The Morgan fingerprint density at radius 2 is 1.77 bits per heavy atom. The van der Waals surface area contributed by atoms with E-state index in [-0.39, 0.29) is 18.9 Å². The zero-order valence-corrected chi connectivity index (χ0v) is 9.11. The van der Waals surface area contributed by atoms with Gasteiger partial charge in [0.25, 0.3) is 10.1 Å². The molecule has 0 aliphatic carbocycles. The van der Waals surface area contributed by atoms with E-state index < -0.39 is 20.1 Å². The van der Waals surface area contributed by atoms with Crippen molar-refractivity contribution in [1.29, 1.82) is 0 Å². The largest absolute Gasteiger partial charge is 0.269 e. The average Bonchev–Trinajstić information content (AvgIpc) is 1.97. The first kappa shape index (κ1) is 12.8. The lowest BCUT2D eigenvalue weighted by atomic mass is 10.8. The molecular formula is C5H13NO5S2. The van der Waals surface area contributed by atoms with Gasteiger partial charge in [-0.25, -0.2) is 13.1 Å². The van der Waals surface area contributed by atoms with Crippen molar-refractivity contribution in [3.05, 3.63) is 0 Å². The van der Waals surface area contributed by atoms with Gasteiger partial charge in [-0.2, -0.15) is 8.42 Å². The van der Waals surface area contributed by atoms with Crippen LogP contribution >= 0.6 is 0 Å². The molecule has 8 heteroatoms. The van der Waals surface area contributed by atoms with E-state index in [1.165, 1.54) is 6.92 Å². The third-order valence-corrected chi connectivity index (χ3v) is 3.10. The first-order valence-corrected chi connectivity index (χ1v) is 7.05. The van der Waals surface area contributed by atoms with E-state index in [9.17, 15) is 16.8 Å². The van der Waals surface area contributed by atoms with Crippen LogP contribution < -0.4 is 4.72 Å². The fourth-order valence-electron chi connectivity index (χ4n) is 0.492. The van der Waals surface area contributed by atoms with E-state index in [0.717, 1.165) is 6.26 Å². The summed E-state index contributed by atoms with van der Waals surface area (Å²) >= 11 is 0. The highest BCUT2D eigenvalue weighted by Gasteiger charge is 2.06. The quantitative estimate of drug-likeness (QED) is 0.463. The van der Waals surface area contributed by atoms with Crippen molar-refractivity contribution in [2.45, 2.75) is 6.92 Å². The van der Waals surface area contributed by atoms with Gasteiger partial charge in [0.05, 0.1) is 18.6 Å². The minimum Gasteiger partial charge on any atom is -0.269 e. The highest BCUT2D eigenvalue weighted by Crippen LogP contribution is 1.86.